The van der Waals surface area contributed by atoms with Crippen LogP contribution in [0.15, 0.2) is 24.5 Å². The van der Waals surface area contributed by atoms with E-state index < -0.39 is 11.7 Å². The Kier molecular flexibility index (Phi) is 3.46. The molecule has 0 aromatic carbocycles. The molecule has 0 radical (unpaired) electrons. The van der Waals surface area contributed by atoms with Gasteiger partial charge in [-0.05, 0) is 18.6 Å². The SMILES string of the molecule is CCCc1c(N)cnn1-c1ccc(C(F)(F)F)cn1. The van der Waals surface area contributed by atoms with Crippen molar-refractivity contribution in [2.24, 2.45) is 0 Å². The summed E-state index contributed by atoms with van der Waals surface area (Å²) in [7, 11) is 0. The van der Waals surface area contributed by atoms with Crippen molar-refractivity contribution in [1.29, 1.82) is 0 Å². The van der Waals surface area contributed by atoms with E-state index in [0.717, 1.165) is 24.4 Å². The lowest BCUT2D eigenvalue weighted by molar-refractivity contribution is -0.137. The number of pyridine rings is 1. The van der Waals surface area contributed by atoms with Gasteiger partial charge >= 0.3 is 6.18 Å². The number of nitrogen functional groups attached to an aromatic ring is 1. The Morgan fingerprint density at radius 1 is 1.26 bits per heavy atom. The molecule has 0 aliphatic heterocycles. The first-order valence-electron chi connectivity index (χ1n) is 5.79. The zero-order chi connectivity index (χ0) is 14.0. The standard InChI is InChI=1S/C12H13F3N4/c1-2-3-10-9(16)7-18-19(10)11-5-4-8(6-17-11)12(13,14)15/h4-7H,2-3,16H2,1H3. The smallest absolute Gasteiger partial charge is 0.396 e. The van der Waals surface area contributed by atoms with Crippen molar-refractivity contribution >= 4 is 5.69 Å². The first kappa shape index (κ1) is 13.4. The summed E-state index contributed by atoms with van der Waals surface area (Å²) in [6.45, 7) is 1.98. The average Bonchev–Trinajstić information content (AvgIpc) is 2.71. The van der Waals surface area contributed by atoms with Crippen LogP contribution in [0.25, 0.3) is 5.82 Å². The van der Waals surface area contributed by atoms with Crippen LogP contribution in [0.5, 0.6) is 0 Å². The highest BCUT2D eigenvalue weighted by atomic mass is 19.4. The summed E-state index contributed by atoms with van der Waals surface area (Å²) in [5, 5.41) is 4.04. The maximum absolute atomic E-state index is 12.4. The van der Waals surface area contributed by atoms with Crippen LogP contribution in [0, 0.1) is 0 Å². The van der Waals surface area contributed by atoms with Gasteiger partial charge < -0.3 is 5.73 Å². The summed E-state index contributed by atoms with van der Waals surface area (Å²) in [4.78, 5) is 3.80. The number of hydrogen-bond acceptors (Lipinski definition) is 3. The fourth-order valence-corrected chi connectivity index (χ4v) is 1.75. The second-order valence-electron chi connectivity index (χ2n) is 4.11. The third-order valence-electron chi connectivity index (χ3n) is 2.68. The van der Waals surface area contributed by atoms with Gasteiger partial charge in [0.05, 0.1) is 23.1 Å². The first-order chi connectivity index (χ1) is 8.93. The van der Waals surface area contributed by atoms with Crippen molar-refractivity contribution in [2.75, 3.05) is 5.73 Å². The summed E-state index contributed by atoms with van der Waals surface area (Å²) >= 11 is 0. The van der Waals surface area contributed by atoms with Gasteiger partial charge in [-0.3, -0.25) is 0 Å². The molecule has 102 valence electrons. The minimum atomic E-state index is -4.39. The van der Waals surface area contributed by atoms with E-state index in [9.17, 15) is 13.2 Å². The van der Waals surface area contributed by atoms with E-state index in [0.29, 0.717) is 17.9 Å². The molecule has 2 aromatic rings. The van der Waals surface area contributed by atoms with Crippen molar-refractivity contribution in [3.05, 3.63) is 35.8 Å². The molecule has 0 fully saturated rings. The van der Waals surface area contributed by atoms with Crippen LogP contribution in [0.1, 0.15) is 24.6 Å². The number of anilines is 1. The fourth-order valence-electron chi connectivity index (χ4n) is 1.75. The van der Waals surface area contributed by atoms with Gasteiger partial charge in [0.1, 0.15) is 0 Å². The topological polar surface area (TPSA) is 56.7 Å². The van der Waals surface area contributed by atoms with Gasteiger partial charge in [0, 0.05) is 6.20 Å². The normalized spacial score (nSPS) is 11.8. The zero-order valence-electron chi connectivity index (χ0n) is 10.3. The van der Waals surface area contributed by atoms with E-state index >= 15 is 0 Å². The molecule has 2 heterocycles. The average molecular weight is 270 g/mol. The van der Waals surface area contributed by atoms with E-state index in [1.807, 2.05) is 6.92 Å². The molecule has 0 amide bonds. The molecule has 2 aromatic heterocycles. The highest BCUT2D eigenvalue weighted by Crippen LogP contribution is 2.29. The highest BCUT2D eigenvalue weighted by molar-refractivity contribution is 5.44. The van der Waals surface area contributed by atoms with Gasteiger partial charge in [0.2, 0.25) is 0 Å². The summed E-state index contributed by atoms with van der Waals surface area (Å²) < 4.78 is 38.8. The Morgan fingerprint density at radius 2 is 2.00 bits per heavy atom. The number of rotatable bonds is 3. The number of aromatic nitrogens is 3. The molecule has 0 bridgehead atoms. The van der Waals surface area contributed by atoms with Crippen molar-refractivity contribution in [1.82, 2.24) is 14.8 Å². The van der Waals surface area contributed by atoms with Crippen LogP contribution in [-0.2, 0) is 12.6 Å². The third-order valence-corrected chi connectivity index (χ3v) is 2.68. The molecule has 2 N–H and O–H groups in total. The molecule has 0 aliphatic rings. The number of halogens is 3. The van der Waals surface area contributed by atoms with Crippen molar-refractivity contribution in [3.8, 4) is 5.82 Å². The minimum Gasteiger partial charge on any atom is -0.396 e. The van der Waals surface area contributed by atoms with Crippen LogP contribution in [0.4, 0.5) is 18.9 Å². The first-order valence-corrected chi connectivity index (χ1v) is 5.79. The van der Waals surface area contributed by atoms with Gasteiger partial charge in [-0.2, -0.15) is 18.3 Å². The van der Waals surface area contributed by atoms with Crippen LogP contribution >= 0.6 is 0 Å². The van der Waals surface area contributed by atoms with Gasteiger partial charge in [-0.1, -0.05) is 13.3 Å². The Bertz CT molecular complexity index is 557. The predicted octanol–water partition coefficient (Wildman–Crippen LogP) is 2.82. The molecule has 0 unspecified atom stereocenters. The van der Waals surface area contributed by atoms with E-state index in [2.05, 4.69) is 10.1 Å². The summed E-state index contributed by atoms with van der Waals surface area (Å²) in [6.07, 6.45) is -0.570. The van der Waals surface area contributed by atoms with Gasteiger partial charge in [-0.15, -0.1) is 0 Å². The maximum Gasteiger partial charge on any atom is 0.417 e. The summed E-state index contributed by atoms with van der Waals surface area (Å²) in [6, 6.07) is 2.27. The lowest BCUT2D eigenvalue weighted by Gasteiger charge is -2.09. The molecule has 0 spiro atoms. The van der Waals surface area contributed by atoms with Crippen LogP contribution in [-0.4, -0.2) is 14.8 Å². The predicted molar refractivity (Wildman–Crippen MR) is 64.8 cm³/mol. The second-order valence-corrected chi connectivity index (χ2v) is 4.11. The van der Waals surface area contributed by atoms with Crippen molar-refractivity contribution < 1.29 is 13.2 Å². The molecule has 2 rings (SSSR count). The van der Waals surface area contributed by atoms with Crippen LogP contribution in [0.3, 0.4) is 0 Å². The molecule has 0 saturated heterocycles. The third kappa shape index (κ3) is 2.69. The van der Waals surface area contributed by atoms with Gasteiger partial charge in [-0.25, -0.2) is 9.67 Å². The number of alkyl halides is 3. The highest BCUT2D eigenvalue weighted by Gasteiger charge is 2.30. The van der Waals surface area contributed by atoms with E-state index in [1.165, 1.54) is 16.9 Å². The molecule has 7 heteroatoms. The lowest BCUT2D eigenvalue weighted by atomic mass is 10.2. The largest absolute Gasteiger partial charge is 0.417 e. The Balaban J connectivity index is 2.38. The van der Waals surface area contributed by atoms with Crippen LogP contribution < -0.4 is 5.73 Å². The van der Waals surface area contributed by atoms with Crippen molar-refractivity contribution in [3.63, 3.8) is 0 Å². The molecule has 0 atom stereocenters. The fraction of sp³-hybridized carbons (Fsp3) is 0.333. The molecule has 4 nitrogen and oxygen atoms in total. The number of nitrogens with zero attached hydrogens (tertiary/aromatic N) is 3. The molecular weight excluding hydrogens is 257 g/mol. The maximum atomic E-state index is 12.4. The second kappa shape index (κ2) is 4.91. The van der Waals surface area contributed by atoms with E-state index in [4.69, 9.17) is 5.73 Å². The number of hydrogen-bond donors (Lipinski definition) is 1. The number of nitrogens with two attached hydrogens (primary N) is 1. The lowest BCUT2D eigenvalue weighted by Crippen LogP contribution is -2.09. The molecule has 0 aliphatic carbocycles. The molecular formula is C12H13F3N4. The zero-order valence-corrected chi connectivity index (χ0v) is 10.3. The Hall–Kier alpha value is -2.05. The van der Waals surface area contributed by atoms with Gasteiger partial charge in [0.15, 0.2) is 5.82 Å². The Labute approximate surface area is 108 Å². The minimum absolute atomic E-state index is 0.327. The monoisotopic (exact) mass is 270 g/mol. The molecule has 19 heavy (non-hydrogen) atoms. The Morgan fingerprint density at radius 3 is 2.53 bits per heavy atom. The molecule has 0 saturated carbocycles. The van der Waals surface area contributed by atoms with Gasteiger partial charge in [0.25, 0.3) is 0 Å². The summed E-state index contributed by atoms with van der Waals surface area (Å²) in [5.74, 6) is 0.327. The van der Waals surface area contributed by atoms with E-state index in [-0.39, 0.29) is 0 Å². The summed E-state index contributed by atoms with van der Waals surface area (Å²) in [5.41, 5.74) is 6.27. The van der Waals surface area contributed by atoms with E-state index in [1.54, 1.807) is 0 Å². The van der Waals surface area contributed by atoms with Crippen molar-refractivity contribution in [2.45, 2.75) is 25.9 Å². The van der Waals surface area contributed by atoms with Crippen LogP contribution in [0.2, 0.25) is 0 Å². The quantitative estimate of drug-likeness (QED) is 0.933.